The second-order valence-electron chi connectivity index (χ2n) is 3.94. The summed E-state index contributed by atoms with van der Waals surface area (Å²) in [5, 5.41) is 8.51. The van der Waals surface area contributed by atoms with E-state index in [-0.39, 0.29) is 13.0 Å². The van der Waals surface area contributed by atoms with Crippen LogP contribution in [0.15, 0.2) is 24.3 Å². The van der Waals surface area contributed by atoms with Gasteiger partial charge < -0.3 is 5.11 Å². The molecule has 0 bridgehead atoms. The van der Waals surface area contributed by atoms with Gasteiger partial charge in [-0.2, -0.15) is 12.7 Å². The minimum Gasteiger partial charge on any atom is -0.481 e. The standard InChI is InChI=1S/C11H16N2O4S/c1-9-3-5-10(6-4-9)12-18(16,17)13(2)8-7-11(14)15/h3-6,12H,7-8H2,1-2H3,(H,14,15). The van der Waals surface area contributed by atoms with E-state index in [1.54, 1.807) is 24.3 Å². The highest BCUT2D eigenvalue weighted by atomic mass is 32.2. The van der Waals surface area contributed by atoms with Crippen LogP contribution in [0.25, 0.3) is 0 Å². The predicted octanol–water partition coefficient (Wildman–Crippen LogP) is 1.06. The third-order valence-electron chi connectivity index (χ3n) is 2.35. The molecule has 6 nitrogen and oxygen atoms in total. The molecule has 0 fully saturated rings. The molecule has 2 N–H and O–H groups in total. The summed E-state index contributed by atoms with van der Waals surface area (Å²) < 4.78 is 27.0. The van der Waals surface area contributed by atoms with Crippen molar-refractivity contribution in [2.75, 3.05) is 18.3 Å². The SMILES string of the molecule is Cc1ccc(NS(=O)(=O)N(C)CCC(=O)O)cc1. The van der Waals surface area contributed by atoms with Crippen molar-refractivity contribution in [3.8, 4) is 0 Å². The van der Waals surface area contributed by atoms with Gasteiger partial charge in [0.05, 0.1) is 6.42 Å². The van der Waals surface area contributed by atoms with Crippen LogP contribution < -0.4 is 4.72 Å². The Morgan fingerprint density at radius 2 is 1.89 bits per heavy atom. The van der Waals surface area contributed by atoms with E-state index < -0.39 is 16.2 Å². The van der Waals surface area contributed by atoms with Crippen molar-refractivity contribution in [2.45, 2.75) is 13.3 Å². The van der Waals surface area contributed by atoms with Gasteiger partial charge in [-0.1, -0.05) is 17.7 Å². The molecule has 1 rings (SSSR count). The molecule has 7 heteroatoms. The van der Waals surface area contributed by atoms with Gasteiger partial charge in [0.15, 0.2) is 0 Å². The maximum atomic E-state index is 11.8. The Kier molecular flexibility index (Phi) is 4.69. The van der Waals surface area contributed by atoms with Crippen LogP contribution in [0, 0.1) is 6.92 Å². The fourth-order valence-electron chi connectivity index (χ4n) is 1.22. The van der Waals surface area contributed by atoms with Crippen molar-refractivity contribution in [3.05, 3.63) is 29.8 Å². The molecule has 0 heterocycles. The average Bonchev–Trinajstić information content (AvgIpc) is 2.28. The highest BCUT2D eigenvalue weighted by Crippen LogP contribution is 2.12. The first kappa shape index (κ1) is 14.5. The maximum Gasteiger partial charge on any atom is 0.304 e. The second kappa shape index (κ2) is 5.83. The summed E-state index contributed by atoms with van der Waals surface area (Å²) in [6, 6.07) is 6.88. The van der Waals surface area contributed by atoms with Crippen molar-refractivity contribution < 1.29 is 18.3 Å². The number of anilines is 1. The highest BCUT2D eigenvalue weighted by molar-refractivity contribution is 7.90. The number of nitrogens with one attached hydrogen (secondary N) is 1. The monoisotopic (exact) mass is 272 g/mol. The summed E-state index contributed by atoms with van der Waals surface area (Å²) in [5.74, 6) is -1.03. The van der Waals surface area contributed by atoms with Gasteiger partial charge in [-0.3, -0.25) is 9.52 Å². The lowest BCUT2D eigenvalue weighted by molar-refractivity contribution is -0.137. The normalized spacial score (nSPS) is 11.5. The summed E-state index contributed by atoms with van der Waals surface area (Å²) >= 11 is 0. The Hall–Kier alpha value is -1.60. The van der Waals surface area contributed by atoms with Gasteiger partial charge in [0.2, 0.25) is 0 Å². The molecule has 0 amide bonds. The molecule has 0 aliphatic carbocycles. The average molecular weight is 272 g/mol. The number of aliphatic carboxylic acids is 1. The number of hydrogen-bond donors (Lipinski definition) is 2. The van der Waals surface area contributed by atoms with Crippen LogP contribution >= 0.6 is 0 Å². The highest BCUT2D eigenvalue weighted by Gasteiger charge is 2.18. The predicted molar refractivity (Wildman–Crippen MR) is 68.6 cm³/mol. The fourth-order valence-corrected chi connectivity index (χ4v) is 2.14. The minimum atomic E-state index is -3.70. The Morgan fingerprint density at radius 3 is 2.39 bits per heavy atom. The van der Waals surface area contributed by atoms with Crippen molar-refractivity contribution >= 4 is 21.9 Å². The number of carbonyl (C=O) groups is 1. The van der Waals surface area contributed by atoms with E-state index in [1.165, 1.54) is 7.05 Å². The van der Waals surface area contributed by atoms with E-state index in [1.807, 2.05) is 6.92 Å². The number of carboxylic acids is 1. The molecule has 0 unspecified atom stereocenters. The number of aryl methyl sites for hydroxylation is 1. The van der Waals surface area contributed by atoms with Crippen molar-refractivity contribution in [3.63, 3.8) is 0 Å². The van der Waals surface area contributed by atoms with Gasteiger partial charge in [-0.05, 0) is 19.1 Å². The van der Waals surface area contributed by atoms with E-state index in [2.05, 4.69) is 4.72 Å². The van der Waals surface area contributed by atoms with Crippen molar-refractivity contribution in [2.24, 2.45) is 0 Å². The zero-order chi connectivity index (χ0) is 13.8. The van der Waals surface area contributed by atoms with E-state index in [0.717, 1.165) is 9.87 Å². The summed E-state index contributed by atoms with van der Waals surface area (Å²) in [4.78, 5) is 10.4. The summed E-state index contributed by atoms with van der Waals surface area (Å²) in [6.07, 6.45) is -0.231. The van der Waals surface area contributed by atoms with Gasteiger partial charge in [-0.15, -0.1) is 0 Å². The van der Waals surface area contributed by atoms with Crippen LogP contribution in [-0.4, -0.2) is 37.4 Å². The van der Waals surface area contributed by atoms with Crippen molar-refractivity contribution in [1.82, 2.24) is 4.31 Å². The molecule has 0 aliphatic heterocycles. The van der Waals surface area contributed by atoms with Crippen LogP contribution in [0.2, 0.25) is 0 Å². The molecule has 100 valence electrons. The van der Waals surface area contributed by atoms with E-state index in [0.29, 0.717) is 5.69 Å². The molecule has 0 aromatic heterocycles. The van der Waals surface area contributed by atoms with Gasteiger partial charge in [-0.25, -0.2) is 0 Å². The maximum absolute atomic E-state index is 11.8. The third-order valence-corrected chi connectivity index (χ3v) is 3.85. The molecule has 0 spiro atoms. The second-order valence-corrected chi connectivity index (χ2v) is 5.72. The Bertz CT molecular complexity index is 510. The fraction of sp³-hybridized carbons (Fsp3) is 0.364. The molecule has 0 saturated heterocycles. The molecule has 0 aliphatic rings. The summed E-state index contributed by atoms with van der Waals surface area (Å²) in [5.41, 5.74) is 1.47. The number of carboxylic acid groups (broad SMARTS) is 1. The topological polar surface area (TPSA) is 86.7 Å². The molecule has 1 aromatic carbocycles. The molecule has 0 atom stereocenters. The quantitative estimate of drug-likeness (QED) is 0.810. The van der Waals surface area contributed by atoms with Crippen LogP contribution in [0.4, 0.5) is 5.69 Å². The molecule has 1 aromatic rings. The van der Waals surface area contributed by atoms with Gasteiger partial charge in [0.25, 0.3) is 0 Å². The molecule has 0 saturated carbocycles. The molecular weight excluding hydrogens is 256 g/mol. The molecular formula is C11H16N2O4S. The third kappa shape index (κ3) is 4.34. The Balaban J connectivity index is 2.69. The summed E-state index contributed by atoms with van der Waals surface area (Å²) in [7, 11) is -2.37. The number of nitrogens with zero attached hydrogens (tertiary/aromatic N) is 1. The van der Waals surface area contributed by atoms with Gasteiger partial charge in [0.1, 0.15) is 0 Å². The first-order chi connectivity index (χ1) is 8.31. The lowest BCUT2D eigenvalue weighted by Gasteiger charge is -2.17. The lowest BCUT2D eigenvalue weighted by atomic mass is 10.2. The molecule has 0 radical (unpaired) electrons. The van der Waals surface area contributed by atoms with Crippen LogP contribution in [-0.2, 0) is 15.0 Å². The number of hydrogen-bond acceptors (Lipinski definition) is 3. The largest absolute Gasteiger partial charge is 0.481 e. The first-order valence-electron chi connectivity index (χ1n) is 5.34. The number of benzene rings is 1. The van der Waals surface area contributed by atoms with Crippen molar-refractivity contribution in [1.29, 1.82) is 0 Å². The Morgan fingerprint density at radius 1 is 1.33 bits per heavy atom. The first-order valence-corrected chi connectivity index (χ1v) is 6.78. The van der Waals surface area contributed by atoms with E-state index in [4.69, 9.17) is 5.11 Å². The lowest BCUT2D eigenvalue weighted by Crippen LogP contribution is -2.34. The van der Waals surface area contributed by atoms with E-state index >= 15 is 0 Å². The minimum absolute atomic E-state index is 0.0729. The zero-order valence-electron chi connectivity index (χ0n) is 10.3. The number of rotatable bonds is 6. The smallest absolute Gasteiger partial charge is 0.304 e. The Labute approximate surface area is 106 Å². The van der Waals surface area contributed by atoms with Gasteiger partial charge >= 0.3 is 16.2 Å². The van der Waals surface area contributed by atoms with Crippen LogP contribution in [0.1, 0.15) is 12.0 Å². The van der Waals surface area contributed by atoms with Crippen LogP contribution in [0.3, 0.4) is 0 Å². The van der Waals surface area contributed by atoms with E-state index in [9.17, 15) is 13.2 Å². The van der Waals surface area contributed by atoms with Crippen LogP contribution in [0.5, 0.6) is 0 Å². The zero-order valence-corrected chi connectivity index (χ0v) is 11.1. The summed E-state index contributed by atoms with van der Waals surface area (Å²) in [6.45, 7) is 1.83. The van der Waals surface area contributed by atoms with Gasteiger partial charge in [0, 0.05) is 19.3 Å². The molecule has 18 heavy (non-hydrogen) atoms.